The molecule has 2 aliphatic rings. The second-order valence-electron chi connectivity index (χ2n) is 16.2. The van der Waals surface area contributed by atoms with E-state index in [1.165, 1.54) is 18.2 Å². The maximum Gasteiger partial charge on any atom is 0.435 e. The normalized spacial score (nSPS) is 17.7. The molecule has 2 heterocycles. The van der Waals surface area contributed by atoms with Crippen LogP contribution in [0.4, 0.5) is 24.5 Å². The third-order valence-electron chi connectivity index (χ3n) is 11.1. The van der Waals surface area contributed by atoms with E-state index in [0.717, 1.165) is 27.0 Å². The zero-order valence-electron chi connectivity index (χ0n) is 33.4. The van der Waals surface area contributed by atoms with Gasteiger partial charge in [0.15, 0.2) is 11.5 Å². The first-order valence-corrected chi connectivity index (χ1v) is 20.9. The number of aromatic nitrogens is 3. The molecule has 0 saturated heterocycles. The van der Waals surface area contributed by atoms with E-state index in [4.69, 9.17) is 33.7 Å². The second kappa shape index (κ2) is 18.2. The van der Waals surface area contributed by atoms with Crippen LogP contribution in [-0.4, -0.2) is 81.5 Å². The monoisotopic (exact) mass is 859 g/mol. The molecule has 0 aliphatic heterocycles. The molecule has 4 aromatic rings. The fourth-order valence-electron chi connectivity index (χ4n) is 8.22. The van der Waals surface area contributed by atoms with Crippen molar-refractivity contribution in [3.8, 4) is 5.69 Å². The van der Waals surface area contributed by atoms with Crippen LogP contribution in [0.5, 0.6) is 0 Å². The number of Topliss-reactive ketones (excluding diaryl/α,β-unsaturated/α-hetero) is 1. The van der Waals surface area contributed by atoms with Gasteiger partial charge in [-0.1, -0.05) is 13.8 Å². The summed E-state index contributed by atoms with van der Waals surface area (Å²) in [5, 5.41) is 10.9. The Kier molecular flexibility index (Phi) is 13.5. The molecule has 4 N–H and O–H groups in total. The highest BCUT2D eigenvalue weighted by Crippen LogP contribution is 2.42. The van der Waals surface area contributed by atoms with Crippen LogP contribution in [0, 0.1) is 5.41 Å². The molecule has 12 nitrogen and oxygen atoms in total. The lowest BCUT2D eigenvalue weighted by atomic mass is 9.75. The third kappa shape index (κ3) is 10.3. The number of ketones is 1. The van der Waals surface area contributed by atoms with E-state index in [2.05, 4.69) is 49.5 Å². The predicted molar refractivity (Wildman–Crippen MR) is 222 cm³/mol. The van der Waals surface area contributed by atoms with Crippen molar-refractivity contribution in [1.29, 1.82) is 0 Å². The molecule has 1 fully saturated rings. The molecule has 0 unspecified atom stereocenters. The minimum Gasteiger partial charge on any atom is -0.461 e. The quantitative estimate of drug-likeness (QED) is 0.0783. The average molecular weight is 861 g/mol. The molecular formula is C42H50Cl2F3N7O5. The number of nitrogens with two attached hydrogens (primary N) is 1. The number of ether oxygens (including phenoxy) is 1. The molecule has 0 atom stereocenters. The summed E-state index contributed by atoms with van der Waals surface area (Å²) in [6, 6.07) is 12.6. The molecule has 1 saturated carbocycles. The summed E-state index contributed by atoms with van der Waals surface area (Å²) in [7, 11) is 2.00. The van der Waals surface area contributed by atoms with Gasteiger partial charge in [0.1, 0.15) is 12.6 Å². The van der Waals surface area contributed by atoms with Crippen LogP contribution in [0.3, 0.4) is 0 Å². The van der Waals surface area contributed by atoms with Crippen molar-refractivity contribution in [2.45, 2.75) is 90.0 Å². The fourth-order valence-corrected chi connectivity index (χ4v) is 8.63. The molecule has 0 bridgehead atoms. The van der Waals surface area contributed by atoms with Crippen LogP contribution in [0.25, 0.3) is 16.6 Å². The summed E-state index contributed by atoms with van der Waals surface area (Å²) < 4.78 is 51.1. The molecule has 2 aliphatic carbocycles. The number of nitrogens with one attached hydrogen (secondary N) is 2. The third-order valence-corrected chi connectivity index (χ3v) is 11.5. The van der Waals surface area contributed by atoms with Crippen molar-refractivity contribution in [2.24, 2.45) is 18.2 Å². The van der Waals surface area contributed by atoms with Crippen molar-refractivity contribution < 1.29 is 37.1 Å². The smallest absolute Gasteiger partial charge is 0.435 e. The van der Waals surface area contributed by atoms with Gasteiger partial charge >= 0.3 is 12.1 Å². The largest absolute Gasteiger partial charge is 0.461 e. The number of benzene rings is 2. The van der Waals surface area contributed by atoms with E-state index in [9.17, 15) is 32.3 Å². The van der Waals surface area contributed by atoms with Crippen LogP contribution in [0.1, 0.15) is 96.6 Å². The first-order chi connectivity index (χ1) is 28.0. The van der Waals surface area contributed by atoms with Crippen LogP contribution in [-0.2, 0) is 40.4 Å². The summed E-state index contributed by atoms with van der Waals surface area (Å²) in [4.78, 5) is 52.8. The molecule has 17 heteroatoms. The zero-order chi connectivity index (χ0) is 42.6. The Hall–Kier alpha value is -4.76. The van der Waals surface area contributed by atoms with E-state index < -0.39 is 40.5 Å². The highest BCUT2D eigenvalue weighted by atomic mass is 35.5. The van der Waals surface area contributed by atoms with Gasteiger partial charge in [-0.15, -0.1) is 23.2 Å². The van der Waals surface area contributed by atoms with Crippen LogP contribution in [0.2, 0.25) is 0 Å². The number of primary amides is 1. The Morgan fingerprint density at radius 1 is 1.02 bits per heavy atom. The number of carbonyl (C=O) groups excluding carboxylic acids is 4. The number of nitrogens with zero attached hydrogens (tertiary/aromatic N) is 4. The van der Waals surface area contributed by atoms with E-state index >= 15 is 0 Å². The maximum atomic E-state index is 14.1. The topological polar surface area (TPSA) is 154 Å². The van der Waals surface area contributed by atoms with Gasteiger partial charge in [-0.3, -0.25) is 19.2 Å². The van der Waals surface area contributed by atoms with Gasteiger partial charge in [0, 0.05) is 78.8 Å². The van der Waals surface area contributed by atoms with Crippen molar-refractivity contribution >= 4 is 69.0 Å². The van der Waals surface area contributed by atoms with E-state index in [-0.39, 0.29) is 60.8 Å². The predicted octanol–water partition coefficient (Wildman–Crippen LogP) is 7.33. The number of anilines is 2. The van der Waals surface area contributed by atoms with Gasteiger partial charge < -0.3 is 30.6 Å². The van der Waals surface area contributed by atoms with Gasteiger partial charge in [0.2, 0.25) is 5.91 Å². The number of carbonyl (C=O) groups is 4. The lowest BCUT2D eigenvalue weighted by Crippen LogP contribution is -2.35. The maximum absolute atomic E-state index is 14.1. The Balaban J connectivity index is 0.990. The molecule has 2 amide bonds. The molecule has 6 rings (SSSR count). The lowest BCUT2D eigenvalue weighted by Gasteiger charge is -2.30. The Labute approximate surface area is 350 Å². The van der Waals surface area contributed by atoms with E-state index in [0.29, 0.717) is 69.1 Å². The first kappa shape index (κ1) is 43.8. The summed E-state index contributed by atoms with van der Waals surface area (Å²) in [6.45, 7) is 4.78. The number of hydrogen-bond acceptors (Lipinski definition) is 8. The van der Waals surface area contributed by atoms with Crippen LogP contribution in [0.15, 0.2) is 42.5 Å². The number of amides is 2. The Morgan fingerprint density at radius 2 is 1.73 bits per heavy atom. The van der Waals surface area contributed by atoms with Gasteiger partial charge in [0.25, 0.3) is 5.91 Å². The summed E-state index contributed by atoms with van der Waals surface area (Å²) >= 11 is 12.0. The number of aryl methyl sites for hydroxylation is 2. The van der Waals surface area contributed by atoms with Gasteiger partial charge in [-0.25, -0.2) is 4.68 Å². The standard InChI is InChI=1S/C42H50Cl2F3N7O5/c1-41(2)22-34-38(35(55)23-41)39(42(45,46)47)51-54(34)29-9-13-31(40(48)58)32(21-29)50-26-7-11-30(12-8-26)59-37(57)24-49-36(56)6-4-5-27-19-25-20-28(10-14-33(25)52(27)3)53(17-15-43)18-16-44/h9-10,13-14,19-21,26,30,50H,4-8,11-12,15-18,22-24H2,1-3H3,(H2,48,58)(H,49,56)/t26-,30-. The first-order valence-electron chi connectivity index (χ1n) is 19.8. The second-order valence-corrected chi connectivity index (χ2v) is 16.9. The van der Waals surface area contributed by atoms with Gasteiger partial charge in [0.05, 0.1) is 22.5 Å². The fraction of sp³-hybridized carbons (Fsp3) is 0.500. The average Bonchev–Trinajstić information content (AvgIpc) is 3.71. The SMILES string of the molecule is Cn1c(CCCC(=O)NCC(=O)O[C@H]2CC[C@H](Nc3cc(-n4nc(C(F)(F)F)c5c4CC(C)(C)CC5=O)ccc3C(N)=O)CC2)cc2cc(N(CCCl)CCCl)ccc21. The molecule has 0 spiro atoms. The zero-order valence-corrected chi connectivity index (χ0v) is 34.9. The number of halogens is 5. The van der Waals surface area contributed by atoms with Gasteiger partial charge in [-0.05, 0) is 92.8 Å². The molecule has 59 heavy (non-hydrogen) atoms. The van der Waals surface area contributed by atoms with E-state index in [1.54, 1.807) is 0 Å². The lowest BCUT2D eigenvalue weighted by molar-refractivity contribution is -0.150. The number of esters is 1. The highest BCUT2D eigenvalue weighted by molar-refractivity contribution is 6.18. The number of fused-ring (bicyclic) bond motifs is 2. The number of hydrogen-bond donors (Lipinski definition) is 3. The van der Waals surface area contributed by atoms with Crippen molar-refractivity contribution in [3.63, 3.8) is 0 Å². The summed E-state index contributed by atoms with van der Waals surface area (Å²) in [5.74, 6) is -1.13. The molecule has 2 aromatic heterocycles. The minimum atomic E-state index is -4.84. The summed E-state index contributed by atoms with van der Waals surface area (Å²) in [6.07, 6.45) is -1.41. The minimum absolute atomic E-state index is 0.0318. The highest BCUT2D eigenvalue weighted by Gasteiger charge is 2.45. The molecule has 0 radical (unpaired) electrons. The summed E-state index contributed by atoms with van der Waals surface area (Å²) in [5.41, 5.74) is 7.56. The Morgan fingerprint density at radius 3 is 2.39 bits per heavy atom. The molecular weight excluding hydrogens is 810 g/mol. The van der Waals surface area contributed by atoms with E-state index in [1.807, 2.05) is 20.9 Å². The van der Waals surface area contributed by atoms with Crippen molar-refractivity contribution in [1.82, 2.24) is 19.7 Å². The van der Waals surface area contributed by atoms with Crippen molar-refractivity contribution in [2.75, 3.05) is 41.6 Å². The number of alkyl halides is 5. The Bertz CT molecular complexity index is 2210. The van der Waals surface area contributed by atoms with Crippen LogP contribution >= 0.6 is 23.2 Å². The molecule has 2 aromatic carbocycles. The molecule has 318 valence electrons. The van der Waals surface area contributed by atoms with Crippen LogP contribution < -0.4 is 21.3 Å². The van der Waals surface area contributed by atoms with Gasteiger partial charge in [-0.2, -0.15) is 18.3 Å². The number of rotatable bonds is 16. The van der Waals surface area contributed by atoms with Crippen molar-refractivity contribution in [3.05, 3.63) is 70.7 Å².